The van der Waals surface area contributed by atoms with E-state index < -0.39 is 0 Å². The average molecular weight is 598 g/mol. The van der Waals surface area contributed by atoms with E-state index in [2.05, 4.69) is 21.2 Å². The van der Waals surface area contributed by atoms with Crippen molar-refractivity contribution in [3.63, 3.8) is 0 Å². The second-order valence-corrected chi connectivity index (χ2v) is 10.8. The molecule has 0 saturated carbocycles. The van der Waals surface area contributed by atoms with Crippen molar-refractivity contribution >= 4 is 67.8 Å². The van der Waals surface area contributed by atoms with Crippen LogP contribution in [0.1, 0.15) is 23.6 Å². The van der Waals surface area contributed by atoms with E-state index in [0.29, 0.717) is 33.9 Å². The lowest BCUT2D eigenvalue weighted by atomic mass is 10.1. The Kier molecular flexibility index (Phi) is 9.02. The second kappa shape index (κ2) is 12.4. The van der Waals surface area contributed by atoms with Gasteiger partial charge >= 0.3 is 0 Å². The van der Waals surface area contributed by atoms with Gasteiger partial charge < -0.3 is 14.8 Å². The van der Waals surface area contributed by atoms with Gasteiger partial charge in [-0.25, -0.2) is 0 Å². The second-order valence-electron chi connectivity index (χ2n) is 8.19. The van der Waals surface area contributed by atoms with Crippen molar-refractivity contribution in [1.82, 2.24) is 4.90 Å². The number of rotatable bonds is 9. The summed E-state index contributed by atoms with van der Waals surface area (Å²) < 4.78 is 13.0. The quantitative estimate of drug-likeness (QED) is 0.222. The van der Waals surface area contributed by atoms with Crippen LogP contribution in [-0.2, 0) is 16.1 Å². The summed E-state index contributed by atoms with van der Waals surface area (Å²) >= 11 is 10.2. The monoisotopic (exact) mass is 596 g/mol. The Bertz CT molecular complexity index is 1360. The zero-order chi connectivity index (χ0) is 26.4. The first-order valence-electron chi connectivity index (χ1n) is 11.6. The van der Waals surface area contributed by atoms with Gasteiger partial charge in [0, 0.05) is 10.2 Å². The van der Waals surface area contributed by atoms with Crippen molar-refractivity contribution in [2.24, 2.45) is 0 Å². The maximum Gasteiger partial charge on any atom is 0.266 e. The van der Waals surface area contributed by atoms with Gasteiger partial charge in [-0.1, -0.05) is 76.3 Å². The minimum atomic E-state index is -0.279. The first kappa shape index (κ1) is 26.9. The van der Waals surface area contributed by atoms with E-state index in [-0.39, 0.29) is 18.4 Å². The average Bonchev–Trinajstić information content (AvgIpc) is 3.13. The minimum Gasteiger partial charge on any atom is -0.490 e. The molecule has 1 aliphatic rings. The topological polar surface area (TPSA) is 67.9 Å². The molecule has 0 aromatic heterocycles. The predicted octanol–water partition coefficient (Wildman–Crippen LogP) is 6.58. The minimum absolute atomic E-state index is 0.128. The zero-order valence-electron chi connectivity index (χ0n) is 20.3. The summed E-state index contributed by atoms with van der Waals surface area (Å²) in [6.07, 6.45) is 1.79. The number of amides is 2. The van der Waals surface area contributed by atoms with E-state index in [9.17, 15) is 9.59 Å². The summed E-state index contributed by atoms with van der Waals surface area (Å²) in [6.45, 7) is 4.47. The van der Waals surface area contributed by atoms with Gasteiger partial charge in [0.2, 0.25) is 0 Å². The summed E-state index contributed by atoms with van der Waals surface area (Å²) in [7, 11) is 0. The number of thioether (sulfide) groups is 1. The van der Waals surface area contributed by atoms with E-state index in [0.717, 1.165) is 26.9 Å². The Morgan fingerprint density at radius 3 is 2.59 bits per heavy atom. The maximum absolute atomic E-state index is 13.0. The van der Waals surface area contributed by atoms with Gasteiger partial charge in [-0.05, 0) is 66.9 Å². The van der Waals surface area contributed by atoms with Crippen LogP contribution < -0.4 is 14.8 Å². The molecule has 0 atom stereocenters. The molecule has 1 N–H and O–H groups in total. The van der Waals surface area contributed by atoms with Crippen molar-refractivity contribution < 1.29 is 19.1 Å². The van der Waals surface area contributed by atoms with Crippen LogP contribution in [0.25, 0.3) is 6.08 Å². The first-order valence-corrected chi connectivity index (χ1v) is 13.6. The van der Waals surface area contributed by atoms with Gasteiger partial charge in [0.25, 0.3) is 11.8 Å². The van der Waals surface area contributed by atoms with Crippen LogP contribution in [0.2, 0.25) is 0 Å². The van der Waals surface area contributed by atoms with Crippen LogP contribution in [0, 0.1) is 6.92 Å². The fraction of sp³-hybridized carbons (Fsp3) is 0.179. The van der Waals surface area contributed by atoms with Crippen molar-refractivity contribution in [3.05, 3.63) is 92.8 Å². The van der Waals surface area contributed by atoms with E-state index in [1.807, 2.05) is 68.4 Å². The fourth-order valence-corrected chi connectivity index (χ4v) is 5.38. The molecular weight excluding hydrogens is 572 g/mol. The third-order valence-corrected chi connectivity index (χ3v) is 7.31. The Hall–Kier alpha value is -3.14. The van der Waals surface area contributed by atoms with E-state index in [1.165, 1.54) is 11.8 Å². The molecule has 0 bridgehead atoms. The van der Waals surface area contributed by atoms with Gasteiger partial charge in [-0.3, -0.25) is 14.5 Å². The molecular formula is C28H25BrN2O4S2. The molecule has 6 nitrogen and oxygen atoms in total. The molecule has 0 unspecified atom stereocenters. The van der Waals surface area contributed by atoms with Crippen molar-refractivity contribution in [2.75, 3.05) is 18.5 Å². The summed E-state index contributed by atoms with van der Waals surface area (Å²) in [6, 6.07) is 20.7. The maximum atomic E-state index is 13.0. The standard InChI is InChI=1S/C28H25BrN2O4S2/c1-3-34-24-14-20(15-25-27(33)31(28(36)37-25)16-19-7-5-4-6-8-19)9-12-23(24)35-17-26(32)30-22-11-10-21(29)13-18(22)2/h4-15H,3,16-17H2,1-2H3,(H,30,32)/b25-15-. The molecule has 9 heteroatoms. The molecule has 1 fully saturated rings. The number of hydrogen-bond donors (Lipinski definition) is 1. The van der Waals surface area contributed by atoms with Crippen LogP contribution in [0.5, 0.6) is 11.5 Å². The highest BCUT2D eigenvalue weighted by molar-refractivity contribution is 9.10. The number of carbonyl (C=O) groups is 2. The molecule has 190 valence electrons. The molecule has 1 aliphatic heterocycles. The van der Waals surface area contributed by atoms with Crippen LogP contribution in [-0.4, -0.2) is 34.2 Å². The number of carbonyl (C=O) groups excluding carboxylic acids is 2. The highest BCUT2D eigenvalue weighted by Crippen LogP contribution is 2.35. The van der Waals surface area contributed by atoms with Gasteiger partial charge in [0.1, 0.15) is 4.32 Å². The number of benzene rings is 3. The summed E-state index contributed by atoms with van der Waals surface area (Å²) in [4.78, 5) is 27.6. The smallest absolute Gasteiger partial charge is 0.266 e. The first-order chi connectivity index (χ1) is 17.8. The van der Waals surface area contributed by atoms with Gasteiger partial charge in [0.15, 0.2) is 18.1 Å². The molecule has 0 aliphatic carbocycles. The normalized spacial score (nSPS) is 14.2. The third-order valence-electron chi connectivity index (χ3n) is 5.44. The Morgan fingerprint density at radius 1 is 1.08 bits per heavy atom. The largest absolute Gasteiger partial charge is 0.490 e. The fourth-order valence-electron chi connectivity index (χ4n) is 3.65. The van der Waals surface area contributed by atoms with Crippen LogP contribution in [0.3, 0.4) is 0 Å². The SMILES string of the molecule is CCOc1cc(/C=C2\SC(=S)N(Cc3ccccc3)C2=O)ccc1OCC(=O)Nc1ccc(Br)cc1C. The van der Waals surface area contributed by atoms with Crippen LogP contribution in [0.15, 0.2) is 76.1 Å². The number of nitrogens with zero attached hydrogens (tertiary/aromatic N) is 1. The van der Waals surface area contributed by atoms with Gasteiger partial charge in [-0.15, -0.1) is 0 Å². The highest BCUT2D eigenvalue weighted by atomic mass is 79.9. The Balaban J connectivity index is 1.44. The van der Waals surface area contributed by atoms with Crippen molar-refractivity contribution in [1.29, 1.82) is 0 Å². The van der Waals surface area contributed by atoms with Crippen molar-refractivity contribution in [2.45, 2.75) is 20.4 Å². The Labute approximate surface area is 234 Å². The number of nitrogens with one attached hydrogen (secondary N) is 1. The number of anilines is 1. The van der Waals surface area contributed by atoms with Crippen LogP contribution >= 0.6 is 39.9 Å². The molecule has 37 heavy (non-hydrogen) atoms. The lowest BCUT2D eigenvalue weighted by Gasteiger charge is -2.14. The number of ether oxygens (including phenoxy) is 2. The summed E-state index contributed by atoms with van der Waals surface area (Å²) in [5.74, 6) is 0.526. The van der Waals surface area contributed by atoms with Gasteiger partial charge in [-0.2, -0.15) is 0 Å². The van der Waals surface area contributed by atoms with Gasteiger partial charge in [0.05, 0.1) is 18.1 Å². The lowest BCUT2D eigenvalue weighted by Crippen LogP contribution is -2.27. The molecule has 3 aromatic rings. The Morgan fingerprint density at radius 2 is 1.86 bits per heavy atom. The molecule has 4 rings (SSSR count). The number of hydrogen-bond acceptors (Lipinski definition) is 6. The molecule has 1 saturated heterocycles. The molecule has 0 radical (unpaired) electrons. The summed E-state index contributed by atoms with van der Waals surface area (Å²) in [5, 5.41) is 2.86. The lowest BCUT2D eigenvalue weighted by molar-refractivity contribution is -0.122. The number of thiocarbonyl (C=S) groups is 1. The van der Waals surface area contributed by atoms with Crippen molar-refractivity contribution in [3.8, 4) is 11.5 Å². The summed E-state index contributed by atoms with van der Waals surface area (Å²) in [5.41, 5.74) is 3.45. The predicted molar refractivity (Wildman–Crippen MR) is 156 cm³/mol. The van der Waals surface area contributed by atoms with E-state index in [4.69, 9.17) is 21.7 Å². The highest BCUT2D eigenvalue weighted by Gasteiger charge is 2.32. The molecule has 3 aromatic carbocycles. The zero-order valence-corrected chi connectivity index (χ0v) is 23.5. The van der Waals surface area contributed by atoms with E-state index in [1.54, 1.807) is 23.1 Å². The number of aryl methyl sites for hydroxylation is 1. The van der Waals surface area contributed by atoms with Crippen LogP contribution in [0.4, 0.5) is 5.69 Å². The van der Waals surface area contributed by atoms with E-state index >= 15 is 0 Å². The molecule has 1 heterocycles. The third kappa shape index (κ3) is 7.00. The number of halogens is 1. The molecule has 2 amide bonds. The molecule has 0 spiro atoms.